The molecule has 1 aromatic heterocycles. The number of aromatic hydroxyl groups is 1. The smallest absolute Gasteiger partial charge is 0.267 e. The zero-order valence-electron chi connectivity index (χ0n) is 12.9. The lowest BCUT2D eigenvalue weighted by molar-refractivity contribution is 0.102. The second kappa shape index (κ2) is 6.16. The summed E-state index contributed by atoms with van der Waals surface area (Å²) in [5.41, 5.74) is -0.206. The Labute approximate surface area is 137 Å². The van der Waals surface area contributed by atoms with E-state index in [0.717, 1.165) is 6.07 Å². The molecule has 0 fully saturated rings. The predicted molar refractivity (Wildman–Crippen MR) is 89.9 cm³/mol. The number of carbonyl (C=O) groups is 1. The van der Waals surface area contributed by atoms with Gasteiger partial charge in [0.2, 0.25) is 0 Å². The van der Waals surface area contributed by atoms with E-state index in [2.05, 4.69) is 5.32 Å². The number of hydrogen-bond acceptors (Lipinski definition) is 3. The number of anilines is 1. The van der Waals surface area contributed by atoms with Gasteiger partial charge in [0.05, 0.1) is 5.52 Å². The number of carbonyl (C=O) groups excluding carboxylic acids is 1. The van der Waals surface area contributed by atoms with Gasteiger partial charge in [-0.2, -0.15) is 0 Å². The summed E-state index contributed by atoms with van der Waals surface area (Å²) in [7, 11) is 0. The minimum atomic E-state index is -0.781. The van der Waals surface area contributed by atoms with Gasteiger partial charge in [-0.1, -0.05) is 18.2 Å². The Morgan fingerprint density at radius 1 is 1.21 bits per heavy atom. The number of nitrogens with one attached hydrogen (secondary N) is 1. The van der Waals surface area contributed by atoms with Crippen molar-refractivity contribution in [3.8, 4) is 5.75 Å². The maximum atomic E-state index is 13.2. The first-order valence-corrected chi connectivity index (χ1v) is 7.44. The van der Waals surface area contributed by atoms with Crippen molar-refractivity contribution in [2.75, 3.05) is 5.32 Å². The van der Waals surface area contributed by atoms with E-state index in [9.17, 15) is 19.1 Å². The topological polar surface area (TPSA) is 71.3 Å². The molecule has 3 aromatic rings. The fourth-order valence-electron chi connectivity index (χ4n) is 2.67. The second-order valence-electron chi connectivity index (χ2n) is 5.25. The molecule has 122 valence electrons. The monoisotopic (exact) mass is 326 g/mol. The van der Waals surface area contributed by atoms with Gasteiger partial charge in [0, 0.05) is 17.6 Å². The number of pyridine rings is 1. The number of fused-ring (bicyclic) bond motifs is 1. The Balaban J connectivity index is 2.15. The predicted octanol–water partition coefficient (Wildman–Crippen LogP) is 3.12. The van der Waals surface area contributed by atoms with E-state index in [-0.39, 0.29) is 17.0 Å². The Bertz CT molecular complexity index is 995. The molecule has 2 N–H and O–H groups in total. The molecule has 0 aliphatic carbocycles. The summed E-state index contributed by atoms with van der Waals surface area (Å²) in [6.07, 6.45) is 0. The molecule has 24 heavy (non-hydrogen) atoms. The number of aryl methyl sites for hydroxylation is 1. The van der Waals surface area contributed by atoms with E-state index in [4.69, 9.17) is 0 Å². The van der Waals surface area contributed by atoms with E-state index in [1.165, 1.54) is 22.8 Å². The Hall–Kier alpha value is -3.15. The van der Waals surface area contributed by atoms with Gasteiger partial charge in [-0.15, -0.1) is 0 Å². The van der Waals surface area contributed by atoms with Crippen LogP contribution in [0.15, 0.2) is 53.3 Å². The number of aromatic nitrogens is 1. The molecule has 0 spiro atoms. The summed E-state index contributed by atoms with van der Waals surface area (Å²) < 4.78 is 14.7. The van der Waals surface area contributed by atoms with Gasteiger partial charge in [0.25, 0.3) is 11.5 Å². The van der Waals surface area contributed by atoms with E-state index in [0.29, 0.717) is 17.4 Å². The molecule has 0 atom stereocenters. The molecule has 0 bridgehead atoms. The maximum Gasteiger partial charge on any atom is 0.267 e. The molecule has 0 aliphatic rings. The average molecular weight is 326 g/mol. The summed E-state index contributed by atoms with van der Waals surface area (Å²) >= 11 is 0. The fraction of sp³-hybridized carbons (Fsp3) is 0.111. The number of nitrogens with zero attached hydrogens (tertiary/aromatic N) is 1. The minimum Gasteiger partial charge on any atom is -0.506 e. The Morgan fingerprint density at radius 3 is 2.67 bits per heavy atom. The standard InChI is InChI=1S/C18H15FN2O3/c1-2-21-14-9-4-3-8-13(14)16(22)15(18(21)24)17(23)20-12-7-5-6-11(19)10-12/h3-10,22H,2H2,1H3,(H,20,23). The second-order valence-corrected chi connectivity index (χ2v) is 5.25. The molecule has 3 rings (SSSR count). The molecule has 1 heterocycles. The summed E-state index contributed by atoms with van der Waals surface area (Å²) in [5.74, 6) is -1.67. The lowest BCUT2D eigenvalue weighted by atomic mass is 10.1. The first-order chi connectivity index (χ1) is 11.5. The van der Waals surface area contributed by atoms with Crippen molar-refractivity contribution < 1.29 is 14.3 Å². The summed E-state index contributed by atoms with van der Waals surface area (Å²) in [6.45, 7) is 2.12. The molecular weight excluding hydrogens is 311 g/mol. The third-order valence-corrected chi connectivity index (χ3v) is 3.77. The quantitative estimate of drug-likeness (QED) is 0.777. The van der Waals surface area contributed by atoms with Crippen LogP contribution in [0.5, 0.6) is 5.75 Å². The summed E-state index contributed by atoms with van der Waals surface area (Å²) in [6, 6.07) is 12.1. The highest BCUT2D eigenvalue weighted by Gasteiger charge is 2.21. The van der Waals surface area contributed by atoms with Crippen molar-refractivity contribution in [1.29, 1.82) is 0 Å². The van der Waals surface area contributed by atoms with E-state index in [1.54, 1.807) is 31.2 Å². The molecule has 0 saturated carbocycles. The lowest BCUT2D eigenvalue weighted by Crippen LogP contribution is -2.29. The highest BCUT2D eigenvalue weighted by atomic mass is 19.1. The van der Waals surface area contributed by atoms with Crippen LogP contribution < -0.4 is 10.9 Å². The van der Waals surface area contributed by atoms with Gasteiger partial charge in [-0.25, -0.2) is 4.39 Å². The number of halogens is 1. The zero-order chi connectivity index (χ0) is 17.3. The largest absolute Gasteiger partial charge is 0.506 e. The van der Waals surface area contributed by atoms with Gasteiger partial charge < -0.3 is 15.0 Å². The molecule has 0 unspecified atom stereocenters. The fourth-order valence-corrected chi connectivity index (χ4v) is 2.67. The van der Waals surface area contributed by atoms with Crippen LogP contribution in [0.1, 0.15) is 17.3 Å². The first-order valence-electron chi connectivity index (χ1n) is 7.44. The van der Waals surface area contributed by atoms with Crippen molar-refractivity contribution in [3.63, 3.8) is 0 Å². The first kappa shape index (κ1) is 15.7. The summed E-state index contributed by atoms with van der Waals surface area (Å²) in [4.78, 5) is 25.1. The SMILES string of the molecule is CCn1c(=O)c(C(=O)Nc2cccc(F)c2)c(O)c2ccccc21. The number of rotatable bonds is 3. The van der Waals surface area contributed by atoms with Crippen LogP contribution in [0.2, 0.25) is 0 Å². The van der Waals surface area contributed by atoms with E-state index < -0.39 is 17.3 Å². The third kappa shape index (κ3) is 2.62. The molecule has 5 nitrogen and oxygen atoms in total. The van der Waals surface area contributed by atoms with Gasteiger partial charge in [-0.3, -0.25) is 9.59 Å². The van der Waals surface area contributed by atoms with Crippen LogP contribution in [0.25, 0.3) is 10.9 Å². The van der Waals surface area contributed by atoms with E-state index >= 15 is 0 Å². The Morgan fingerprint density at radius 2 is 1.96 bits per heavy atom. The minimum absolute atomic E-state index is 0.204. The van der Waals surface area contributed by atoms with Crippen molar-refractivity contribution in [2.24, 2.45) is 0 Å². The third-order valence-electron chi connectivity index (χ3n) is 3.77. The van der Waals surface area contributed by atoms with Crippen LogP contribution in [0.3, 0.4) is 0 Å². The highest BCUT2D eigenvalue weighted by Crippen LogP contribution is 2.26. The van der Waals surface area contributed by atoms with Crippen molar-refractivity contribution in [3.05, 3.63) is 70.3 Å². The molecular formula is C18H15FN2O3. The van der Waals surface area contributed by atoms with E-state index in [1.807, 2.05) is 0 Å². The zero-order valence-corrected chi connectivity index (χ0v) is 12.9. The van der Waals surface area contributed by atoms with Crippen molar-refractivity contribution in [2.45, 2.75) is 13.5 Å². The van der Waals surface area contributed by atoms with Crippen molar-refractivity contribution >= 4 is 22.5 Å². The molecule has 6 heteroatoms. The molecule has 0 radical (unpaired) electrons. The lowest BCUT2D eigenvalue weighted by Gasteiger charge is -2.13. The molecule has 2 aromatic carbocycles. The van der Waals surface area contributed by atoms with Crippen LogP contribution in [-0.4, -0.2) is 15.6 Å². The number of benzene rings is 2. The maximum absolute atomic E-state index is 13.2. The van der Waals surface area contributed by atoms with Gasteiger partial charge in [0.1, 0.15) is 17.1 Å². The normalized spacial score (nSPS) is 10.8. The van der Waals surface area contributed by atoms with Gasteiger partial charge in [-0.05, 0) is 37.3 Å². The van der Waals surface area contributed by atoms with Crippen LogP contribution in [0, 0.1) is 5.82 Å². The molecule has 1 amide bonds. The van der Waals surface area contributed by atoms with Crippen molar-refractivity contribution in [1.82, 2.24) is 4.57 Å². The number of amides is 1. The highest BCUT2D eigenvalue weighted by molar-refractivity contribution is 6.09. The average Bonchev–Trinajstić information content (AvgIpc) is 2.55. The van der Waals surface area contributed by atoms with Crippen LogP contribution in [-0.2, 0) is 6.54 Å². The van der Waals surface area contributed by atoms with Gasteiger partial charge in [0.15, 0.2) is 0 Å². The Kier molecular flexibility index (Phi) is 4.04. The number of hydrogen-bond donors (Lipinski definition) is 2. The van der Waals surface area contributed by atoms with Crippen LogP contribution >= 0.6 is 0 Å². The van der Waals surface area contributed by atoms with Gasteiger partial charge >= 0.3 is 0 Å². The molecule has 0 aliphatic heterocycles. The number of para-hydroxylation sites is 1. The van der Waals surface area contributed by atoms with Crippen LogP contribution in [0.4, 0.5) is 10.1 Å². The summed E-state index contributed by atoms with van der Waals surface area (Å²) in [5, 5.41) is 13.3. The molecule has 0 saturated heterocycles.